The first-order chi connectivity index (χ1) is 8.29. The fraction of sp³-hybridized carbons (Fsp3) is 1.00. The van der Waals surface area contributed by atoms with Gasteiger partial charge in [-0.1, -0.05) is 0 Å². The maximum atomic E-state index is 12.2. The van der Waals surface area contributed by atoms with E-state index in [1.165, 1.54) is 11.4 Å². The van der Waals surface area contributed by atoms with Gasteiger partial charge >= 0.3 is 0 Å². The summed E-state index contributed by atoms with van der Waals surface area (Å²) in [5.41, 5.74) is -0.748. The van der Waals surface area contributed by atoms with Crippen LogP contribution in [0.4, 0.5) is 0 Å². The second-order valence-electron chi connectivity index (χ2n) is 5.35. The molecule has 0 radical (unpaired) electrons. The van der Waals surface area contributed by atoms with Crippen LogP contribution in [0.15, 0.2) is 0 Å². The zero-order chi connectivity index (χ0) is 13.8. The Hall–Kier alpha value is -0.210. The minimum absolute atomic E-state index is 0.104. The average Bonchev–Trinajstić information content (AvgIpc) is 2.37. The molecule has 1 rings (SSSR count). The van der Waals surface area contributed by atoms with Crippen LogP contribution in [0.25, 0.3) is 0 Å². The molecule has 0 bridgehead atoms. The van der Waals surface area contributed by atoms with E-state index in [1.54, 1.807) is 13.8 Å². The summed E-state index contributed by atoms with van der Waals surface area (Å²) in [4.78, 5) is 2.15. The first-order valence-corrected chi connectivity index (χ1v) is 7.91. The molecule has 0 aromatic carbocycles. The van der Waals surface area contributed by atoms with Gasteiger partial charge < -0.3 is 10.4 Å². The summed E-state index contributed by atoms with van der Waals surface area (Å²) in [5.74, 6) is 0.104. The first kappa shape index (κ1) is 15.8. The van der Waals surface area contributed by atoms with Crippen LogP contribution in [0, 0.1) is 0 Å². The van der Waals surface area contributed by atoms with Gasteiger partial charge in [0.1, 0.15) is 0 Å². The van der Waals surface area contributed by atoms with E-state index in [4.69, 9.17) is 0 Å². The van der Waals surface area contributed by atoms with E-state index < -0.39 is 15.6 Å². The second kappa shape index (κ2) is 6.29. The second-order valence-corrected chi connectivity index (χ2v) is 7.47. The molecule has 0 aliphatic carbocycles. The van der Waals surface area contributed by atoms with Crippen molar-refractivity contribution in [2.75, 3.05) is 52.1 Å². The van der Waals surface area contributed by atoms with Gasteiger partial charge in [-0.15, -0.1) is 0 Å². The molecular weight excluding hydrogens is 254 g/mol. The van der Waals surface area contributed by atoms with Gasteiger partial charge in [0.2, 0.25) is 10.0 Å². The van der Waals surface area contributed by atoms with Crippen LogP contribution < -0.4 is 5.32 Å². The molecule has 6 nitrogen and oxygen atoms in total. The predicted molar refractivity (Wildman–Crippen MR) is 72.0 cm³/mol. The van der Waals surface area contributed by atoms with Crippen molar-refractivity contribution in [1.29, 1.82) is 0 Å². The number of likely N-dealkylation sites (N-methyl/N-ethyl adjacent to an activating group) is 1. The monoisotopic (exact) mass is 279 g/mol. The number of hydrogen-bond donors (Lipinski definition) is 2. The lowest BCUT2D eigenvalue weighted by molar-refractivity contribution is 0.137. The van der Waals surface area contributed by atoms with E-state index in [-0.39, 0.29) is 12.4 Å². The largest absolute Gasteiger partial charge is 0.394 e. The number of nitrogens with one attached hydrogen (secondary N) is 1. The summed E-state index contributed by atoms with van der Waals surface area (Å²) in [6.07, 6.45) is 0. The zero-order valence-corrected chi connectivity index (χ0v) is 12.3. The van der Waals surface area contributed by atoms with E-state index >= 15 is 0 Å². The molecule has 1 aliphatic rings. The highest BCUT2D eigenvalue weighted by molar-refractivity contribution is 7.89. The van der Waals surface area contributed by atoms with Crippen LogP contribution in [0.5, 0.6) is 0 Å². The Morgan fingerprint density at radius 1 is 1.33 bits per heavy atom. The zero-order valence-electron chi connectivity index (χ0n) is 11.5. The molecule has 0 amide bonds. The molecule has 7 heteroatoms. The van der Waals surface area contributed by atoms with E-state index in [1.807, 2.05) is 0 Å². The van der Waals surface area contributed by atoms with Crippen molar-refractivity contribution in [2.45, 2.75) is 19.4 Å². The van der Waals surface area contributed by atoms with Crippen LogP contribution in [-0.4, -0.2) is 80.4 Å². The third-order valence-electron chi connectivity index (χ3n) is 3.53. The molecule has 18 heavy (non-hydrogen) atoms. The SMILES string of the molecule is CN(C(C)(C)CO)S(=O)(=O)CCN1CCNCC1. The Morgan fingerprint density at radius 2 is 1.89 bits per heavy atom. The molecule has 2 N–H and O–H groups in total. The fourth-order valence-electron chi connectivity index (χ4n) is 1.79. The van der Waals surface area contributed by atoms with Gasteiger partial charge in [-0.05, 0) is 13.8 Å². The van der Waals surface area contributed by atoms with Crippen molar-refractivity contribution in [3.05, 3.63) is 0 Å². The highest BCUT2D eigenvalue weighted by Crippen LogP contribution is 2.16. The predicted octanol–water partition coefficient (Wildman–Crippen LogP) is -1.08. The lowest BCUT2D eigenvalue weighted by Gasteiger charge is -2.34. The van der Waals surface area contributed by atoms with Crippen molar-refractivity contribution in [3.63, 3.8) is 0 Å². The fourth-order valence-corrected chi connectivity index (χ4v) is 3.37. The Labute approximate surface area is 110 Å². The molecule has 108 valence electrons. The van der Waals surface area contributed by atoms with Crippen LogP contribution in [0.2, 0.25) is 0 Å². The molecule has 1 saturated heterocycles. The highest BCUT2D eigenvalue weighted by atomic mass is 32.2. The van der Waals surface area contributed by atoms with Gasteiger partial charge in [0, 0.05) is 39.8 Å². The normalized spacial score (nSPS) is 19.4. The standard InChI is InChI=1S/C11H25N3O3S/c1-11(2,10-15)13(3)18(16,17)9-8-14-6-4-12-5-7-14/h12,15H,4-10H2,1-3H3. The topological polar surface area (TPSA) is 72.9 Å². The lowest BCUT2D eigenvalue weighted by atomic mass is 10.1. The third-order valence-corrected chi connectivity index (χ3v) is 5.56. The van der Waals surface area contributed by atoms with E-state index in [9.17, 15) is 13.5 Å². The summed E-state index contributed by atoms with van der Waals surface area (Å²) >= 11 is 0. The van der Waals surface area contributed by atoms with Gasteiger partial charge in [-0.2, -0.15) is 4.31 Å². The van der Waals surface area contributed by atoms with Crippen LogP contribution >= 0.6 is 0 Å². The molecule has 0 unspecified atom stereocenters. The van der Waals surface area contributed by atoms with E-state index in [0.29, 0.717) is 6.54 Å². The van der Waals surface area contributed by atoms with Crippen molar-refractivity contribution >= 4 is 10.0 Å². The number of piperazine rings is 1. The number of sulfonamides is 1. The third kappa shape index (κ3) is 4.17. The summed E-state index contributed by atoms with van der Waals surface area (Å²) in [7, 11) is -1.79. The molecular formula is C11H25N3O3S. The number of nitrogens with zero attached hydrogens (tertiary/aromatic N) is 2. The highest BCUT2D eigenvalue weighted by Gasteiger charge is 2.32. The van der Waals surface area contributed by atoms with Crippen molar-refractivity contribution in [1.82, 2.24) is 14.5 Å². The molecule has 0 atom stereocenters. The Bertz CT molecular complexity index is 351. The molecule has 0 spiro atoms. The Morgan fingerprint density at radius 3 is 2.39 bits per heavy atom. The Kier molecular flexibility index (Phi) is 5.54. The van der Waals surface area contributed by atoms with Crippen LogP contribution in [-0.2, 0) is 10.0 Å². The maximum absolute atomic E-state index is 12.2. The van der Waals surface area contributed by atoms with Crippen LogP contribution in [0.1, 0.15) is 13.8 Å². The molecule has 1 heterocycles. The minimum atomic E-state index is -3.32. The summed E-state index contributed by atoms with van der Waals surface area (Å²) in [6.45, 7) is 7.41. The van der Waals surface area contributed by atoms with Crippen LogP contribution in [0.3, 0.4) is 0 Å². The summed E-state index contributed by atoms with van der Waals surface area (Å²) in [6, 6.07) is 0. The van der Waals surface area contributed by atoms with E-state index in [2.05, 4.69) is 10.2 Å². The van der Waals surface area contributed by atoms with Crippen molar-refractivity contribution in [3.8, 4) is 0 Å². The smallest absolute Gasteiger partial charge is 0.215 e. The number of hydrogen-bond acceptors (Lipinski definition) is 5. The van der Waals surface area contributed by atoms with Gasteiger partial charge in [0.15, 0.2) is 0 Å². The summed E-state index contributed by atoms with van der Waals surface area (Å²) in [5, 5.41) is 12.5. The molecule has 1 fully saturated rings. The molecule has 0 aromatic heterocycles. The molecule has 0 aromatic rings. The number of aliphatic hydroxyl groups is 1. The lowest BCUT2D eigenvalue weighted by Crippen LogP contribution is -2.50. The minimum Gasteiger partial charge on any atom is -0.394 e. The Balaban J connectivity index is 2.53. The first-order valence-electron chi connectivity index (χ1n) is 6.30. The maximum Gasteiger partial charge on any atom is 0.215 e. The number of aliphatic hydroxyl groups excluding tert-OH is 1. The quantitative estimate of drug-likeness (QED) is 0.647. The van der Waals surface area contributed by atoms with Gasteiger partial charge in [-0.25, -0.2) is 8.42 Å². The van der Waals surface area contributed by atoms with Gasteiger partial charge in [-0.3, -0.25) is 4.90 Å². The van der Waals surface area contributed by atoms with Gasteiger partial charge in [0.05, 0.1) is 17.9 Å². The average molecular weight is 279 g/mol. The summed E-state index contributed by atoms with van der Waals surface area (Å²) < 4.78 is 25.6. The number of rotatable bonds is 6. The molecule has 1 aliphatic heterocycles. The van der Waals surface area contributed by atoms with Gasteiger partial charge in [0.25, 0.3) is 0 Å². The van der Waals surface area contributed by atoms with Crippen molar-refractivity contribution < 1.29 is 13.5 Å². The van der Waals surface area contributed by atoms with Crippen molar-refractivity contribution in [2.24, 2.45) is 0 Å². The van der Waals surface area contributed by atoms with E-state index in [0.717, 1.165) is 26.2 Å². The molecule has 0 saturated carbocycles.